The minimum absolute atomic E-state index is 0.642. The lowest BCUT2D eigenvalue weighted by atomic mass is 9.98. The number of hydrogen-bond donors (Lipinski definition) is 0. The first-order chi connectivity index (χ1) is 12.5. The summed E-state index contributed by atoms with van der Waals surface area (Å²) in [4.78, 5) is 0. The summed E-state index contributed by atoms with van der Waals surface area (Å²) in [7, 11) is 0. The Labute approximate surface area is 159 Å². The van der Waals surface area contributed by atoms with Crippen molar-refractivity contribution in [3.05, 3.63) is 68.8 Å². The molecule has 2 aromatic rings. The second kappa shape index (κ2) is 9.89. The van der Waals surface area contributed by atoms with Crippen LogP contribution in [0.15, 0.2) is 24.3 Å². The first kappa shape index (κ1) is 20.7. The van der Waals surface area contributed by atoms with Crippen molar-refractivity contribution in [3.8, 4) is 0 Å². The van der Waals surface area contributed by atoms with Crippen LogP contribution < -0.4 is 0 Å². The van der Waals surface area contributed by atoms with E-state index in [0.717, 1.165) is 19.4 Å². The minimum Gasteiger partial charge on any atom is -0.377 e. The molecule has 2 aromatic carbocycles. The molecule has 0 bridgehead atoms. The van der Waals surface area contributed by atoms with Gasteiger partial charge in [0.2, 0.25) is 0 Å². The first-order valence-electron chi connectivity index (χ1n) is 9.79. The molecule has 0 aromatic heterocycles. The van der Waals surface area contributed by atoms with Gasteiger partial charge in [0.1, 0.15) is 0 Å². The van der Waals surface area contributed by atoms with E-state index in [0.29, 0.717) is 19.8 Å². The highest BCUT2D eigenvalue weighted by atomic mass is 16.5. The smallest absolute Gasteiger partial charge is 0.0724 e. The average molecular weight is 355 g/mol. The predicted molar refractivity (Wildman–Crippen MR) is 110 cm³/mol. The third-order valence-corrected chi connectivity index (χ3v) is 5.04. The van der Waals surface area contributed by atoms with Gasteiger partial charge in [0, 0.05) is 6.61 Å². The maximum atomic E-state index is 6.12. The standard InChI is InChI=1S/C24H34O2/c1-7-9-25-14-22-12-18(4)13-24(20(22)6)16-26-15-23-11-17(3)10-21(8-2)19(23)5/h10-13H,7-9,14-16H2,1-6H3. The largest absolute Gasteiger partial charge is 0.377 e. The predicted octanol–water partition coefficient (Wildman–Crippen LogP) is 6.13. The zero-order valence-electron chi connectivity index (χ0n) is 17.4. The molecule has 0 atom stereocenters. The van der Waals surface area contributed by atoms with Crippen molar-refractivity contribution in [2.75, 3.05) is 6.61 Å². The molecule has 0 aliphatic rings. The maximum Gasteiger partial charge on any atom is 0.0724 e. The molecule has 142 valence electrons. The van der Waals surface area contributed by atoms with Gasteiger partial charge in [-0.2, -0.15) is 0 Å². The molecule has 0 unspecified atom stereocenters. The Kier molecular flexibility index (Phi) is 7.86. The van der Waals surface area contributed by atoms with Crippen molar-refractivity contribution in [2.45, 2.75) is 74.2 Å². The highest BCUT2D eigenvalue weighted by Crippen LogP contribution is 2.21. The lowest BCUT2D eigenvalue weighted by Gasteiger charge is -2.16. The van der Waals surface area contributed by atoms with Gasteiger partial charge >= 0.3 is 0 Å². The molecule has 2 heteroatoms. The molecular weight excluding hydrogens is 320 g/mol. The van der Waals surface area contributed by atoms with Crippen molar-refractivity contribution < 1.29 is 9.47 Å². The van der Waals surface area contributed by atoms with Crippen LogP contribution in [-0.4, -0.2) is 6.61 Å². The van der Waals surface area contributed by atoms with Crippen LogP contribution in [-0.2, 0) is 35.7 Å². The zero-order valence-corrected chi connectivity index (χ0v) is 17.4. The molecule has 0 spiro atoms. The van der Waals surface area contributed by atoms with Crippen molar-refractivity contribution in [1.29, 1.82) is 0 Å². The van der Waals surface area contributed by atoms with Gasteiger partial charge in [-0.15, -0.1) is 0 Å². The van der Waals surface area contributed by atoms with Gasteiger partial charge in [-0.05, 0) is 73.9 Å². The Morgan fingerprint density at radius 3 is 1.50 bits per heavy atom. The van der Waals surface area contributed by atoms with Crippen molar-refractivity contribution in [2.24, 2.45) is 0 Å². The lowest BCUT2D eigenvalue weighted by molar-refractivity contribution is 0.105. The number of hydrogen-bond acceptors (Lipinski definition) is 2. The topological polar surface area (TPSA) is 18.5 Å². The van der Waals surface area contributed by atoms with Crippen LogP contribution in [0.25, 0.3) is 0 Å². The summed E-state index contributed by atoms with van der Waals surface area (Å²) in [5.41, 5.74) is 10.5. The van der Waals surface area contributed by atoms with E-state index >= 15 is 0 Å². The van der Waals surface area contributed by atoms with Crippen LogP contribution >= 0.6 is 0 Å². The average Bonchev–Trinajstić information content (AvgIpc) is 2.61. The summed E-state index contributed by atoms with van der Waals surface area (Å²) < 4.78 is 11.9. The molecule has 2 rings (SSSR count). The first-order valence-corrected chi connectivity index (χ1v) is 9.79. The Morgan fingerprint density at radius 2 is 1.04 bits per heavy atom. The monoisotopic (exact) mass is 354 g/mol. The molecule has 0 aliphatic heterocycles. The van der Waals surface area contributed by atoms with E-state index in [1.54, 1.807) is 0 Å². The Bertz CT molecular complexity index is 731. The van der Waals surface area contributed by atoms with Crippen LogP contribution in [0.4, 0.5) is 0 Å². The maximum absolute atomic E-state index is 6.12. The molecule has 0 saturated heterocycles. The van der Waals surface area contributed by atoms with Gasteiger partial charge in [-0.3, -0.25) is 0 Å². The van der Waals surface area contributed by atoms with Crippen LogP contribution in [0.5, 0.6) is 0 Å². The van der Waals surface area contributed by atoms with Gasteiger partial charge in [0.25, 0.3) is 0 Å². The van der Waals surface area contributed by atoms with Gasteiger partial charge in [-0.1, -0.05) is 49.2 Å². The quantitative estimate of drug-likeness (QED) is 0.505. The highest BCUT2D eigenvalue weighted by Gasteiger charge is 2.09. The van der Waals surface area contributed by atoms with Gasteiger partial charge in [-0.25, -0.2) is 0 Å². The molecule has 0 saturated carbocycles. The molecule has 0 heterocycles. The third-order valence-electron chi connectivity index (χ3n) is 5.04. The normalized spacial score (nSPS) is 11.2. The van der Waals surface area contributed by atoms with E-state index in [4.69, 9.17) is 9.47 Å². The molecule has 0 aliphatic carbocycles. The van der Waals surface area contributed by atoms with E-state index in [1.165, 1.54) is 44.5 Å². The van der Waals surface area contributed by atoms with Crippen molar-refractivity contribution in [1.82, 2.24) is 0 Å². The summed E-state index contributed by atoms with van der Waals surface area (Å²) in [6.07, 6.45) is 2.12. The molecule has 0 amide bonds. The summed E-state index contributed by atoms with van der Waals surface area (Å²) in [5.74, 6) is 0. The minimum atomic E-state index is 0.642. The Balaban J connectivity index is 2.07. The van der Waals surface area contributed by atoms with Crippen LogP contribution in [0.3, 0.4) is 0 Å². The zero-order chi connectivity index (χ0) is 19.1. The highest BCUT2D eigenvalue weighted by molar-refractivity contribution is 5.39. The van der Waals surface area contributed by atoms with Crippen LogP contribution in [0.1, 0.15) is 64.8 Å². The molecular formula is C24H34O2. The van der Waals surface area contributed by atoms with E-state index in [2.05, 4.69) is 65.8 Å². The van der Waals surface area contributed by atoms with Crippen molar-refractivity contribution >= 4 is 0 Å². The molecule has 2 nitrogen and oxygen atoms in total. The van der Waals surface area contributed by atoms with Gasteiger partial charge in [0.15, 0.2) is 0 Å². The number of aryl methyl sites for hydroxylation is 3. The molecule has 0 N–H and O–H groups in total. The van der Waals surface area contributed by atoms with Gasteiger partial charge < -0.3 is 9.47 Å². The fourth-order valence-electron chi connectivity index (χ4n) is 3.44. The Morgan fingerprint density at radius 1 is 0.615 bits per heavy atom. The summed E-state index contributed by atoms with van der Waals surface area (Å²) >= 11 is 0. The van der Waals surface area contributed by atoms with E-state index in [9.17, 15) is 0 Å². The van der Waals surface area contributed by atoms with Gasteiger partial charge in [0.05, 0.1) is 19.8 Å². The Hall–Kier alpha value is -1.64. The molecule has 0 fully saturated rings. The number of ether oxygens (including phenoxy) is 2. The van der Waals surface area contributed by atoms with E-state index in [1.807, 2.05) is 0 Å². The fraction of sp³-hybridized carbons (Fsp3) is 0.500. The van der Waals surface area contributed by atoms with E-state index in [-0.39, 0.29) is 0 Å². The summed E-state index contributed by atoms with van der Waals surface area (Å²) in [5, 5.41) is 0. The van der Waals surface area contributed by atoms with E-state index < -0.39 is 0 Å². The lowest BCUT2D eigenvalue weighted by Crippen LogP contribution is -2.04. The molecule has 0 radical (unpaired) electrons. The number of rotatable bonds is 9. The second-order valence-electron chi connectivity index (χ2n) is 7.32. The van der Waals surface area contributed by atoms with Crippen LogP contribution in [0.2, 0.25) is 0 Å². The number of benzene rings is 2. The fourth-order valence-corrected chi connectivity index (χ4v) is 3.44. The molecule has 26 heavy (non-hydrogen) atoms. The summed E-state index contributed by atoms with van der Waals surface area (Å²) in [6.45, 7) is 15.8. The van der Waals surface area contributed by atoms with Crippen molar-refractivity contribution in [3.63, 3.8) is 0 Å². The SMILES string of the molecule is CCCOCc1cc(C)cc(COCc2cc(C)cc(CC)c2C)c1C. The van der Waals surface area contributed by atoms with Crippen LogP contribution in [0, 0.1) is 27.7 Å². The third kappa shape index (κ3) is 5.43. The second-order valence-corrected chi connectivity index (χ2v) is 7.32. The summed E-state index contributed by atoms with van der Waals surface area (Å²) in [6, 6.07) is 9.00.